The van der Waals surface area contributed by atoms with Crippen molar-refractivity contribution in [2.24, 2.45) is 0 Å². The lowest BCUT2D eigenvalue weighted by Gasteiger charge is -2.16. The van der Waals surface area contributed by atoms with Crippen molar-refractivity contribution >= 4 is 50.0 Å². The van der Waals surface area contributed by atoms with E-state index in [2.05, 4.69) is 20.0 Å². The van der Waals surface area contributed by atoms with Crippen LogP contribution in [0.3, 0.4) is 0 Å². The van der Waals surface area contributed by atoms with Crippen molar-refractivity contribution in [3.63, 3.8) is 0 Å². The average Bonchev–Trinajstić information content (AvgIpc) is 2.79. The number of aromatic nitrogens is 2. The number of nitrogens with one attached hydrogen (secondary N) is 2. The van der Waals surface area contributed by atoms with E-state index >= 15 is 0 Å². The third kappa shape index (κ3) is 4.53. The maximum atomic E-state index is 13.0. The second-order valence-electron chi connectivity index (χ2n) is 6.66. The monoisotopic (exact) mass is 470 g/mol. The molecule has 4 rings (SSSR count). The third-order valence-corrected chi connectivity index (χ3v) is 6.19. The zero-order valence-electron chi connectivity index (χ0n) is 17.2. The number of halogens is 1. The van der Waals surface area contributed by atoms with Gasteiger partial charge in [-0.25, -0.2) is 18.4 Å². The van der Waals surface area contributed by atoms with Gasteiger partial charge in [0.2, 0.25) is 0 Å². The molecule has 2 N–H and O–H groups in total. The Kier molecular flexibility index (Phi) is 6.02. The fraction of sp³-hybridized carbons (Fsp3) is 0.0909. The number of para-hydroxylation sites is 2. The van der Waals surface area contributed by atoms with Crippen LogP contribution in [0.25, 0.3) is 11.0 Å². The molecule has 164 valence electrons. The van der Waals surface area contributed by atoms with E-state index in [0.717, 1.165) is 0 Å². The van der Waals surface area contributed by atoms with Crippen molar-refractivity contribution in [3.05, 3.63) is 71.8 Å². The predicted molar refractivity (Wildman–Crippen MR) is 125 cm³/mol. The Bertz CT molecular complexity index is 1380. The largest absolute Gasteiger partial charge is 0.497 e. The highest BCUT2D eigenvalue weighted by atomic mass is 35.5. The van der Waals surface area contributed by atoms with E-state index in [-0.39, 0.29) is 16.5 Å². The molecule has 0 saturated heterocycles. The molecule has 0 spiro atoms. The van der Waals surface area contributed by atoms with Crippen LogP contribution in [0.2, 0.25) is 5.02 Å². The van der Waals surface area contributed by atoms with Crippen LogP contribution in [0.1, 0.15) is 0 Å². The molecule has 1 aromatic heterocycles. The minimum Gasteiger partial charge on any atom is -0.497 e. The van der Waals surface area contributed by atoms with Crippen LogP contribution < -0.4 is 19.5 Å². The lowest BCUT2D eigenvalue weighted by Crippen LogP contribution is -2.16. The van der Waals surface area contributed by atoms with E-state index in [4.69, 9.17) is 21.1 Å². The Hall–Kier alpha value is -3.56. The molecule has 8 nitrogen and oxygen atoms in total. The molecular weight excluding hydrogens is 452 g/mol. The molecule has 0 bridgehead atoms. The first-order valence-electron chi connectivity index (χ1n) is 9.44. The summed E-state index contributed by atoms with van der Waals surface area (Å²) < 4.78 is 39.2. The summed E-state index contributed by atoms with van der Waals surface area (Å²) in [6.07, 6.45) is 0. The number of benzene rings is 3. The van der Waals surface area contributed by atoms with Gasteiger partial charge in [-0.05, 0) is 48.5 Å². The van der Waals surface area contributed by atoms with E-state index in [1.807, 2.05) is 6.07 Å². The molecule has 0 atom stereocenters. The van der Waals surface area contributed by atoms with Crippen molar-refractivity contribution in [2.45, 2.75) is 4.90 Å². The Morgan fingerprint density at radius 1 is 0.844 bits per heavy atom. The number of anilines is 3. The van der Waals surface area contributed by atoms with Crippen LogP contribution >= 0.6 is 11.6 Å². The number of sulfonamides is 1. The summed E-state index contributed by atoms with van der Waals surface area (Å²) in [6.45, 7) is 0. The van der Waals surface area contributed by atoms with Crippen molar-refractivity contribution in [1.29, 1.82) is 0 Å². The van der Waals surface area contributed by atoms with Crippen LogP contribution in [0.4, 0.5) is 17.3 Å². The van der Waals surface area contributed by atoms with Gasteiger partial charge < -0.3 is 14.8 Å². The van der Waals surface area contributed by atoms with Crippen LogP contribution in [0.15, 0.2) is 71.6 Å². The molecule has 0 saturated carbocycles. The van der Waals surface area contributed by atoms with Gasteiger partial charge in [0.15, 0.2) is 11.6 Å². The minimum absolute atomic E-state index is 0.0310. The molecule has 3 aromatic carbocycles. The maximum absolute atomic E-state index is 13.0. The Morgan fingerprint density at radius 3 is 2.12 bits per heavy atom. The van der Waals surface area contributed by atoms with E-state index in [9.17, 15) is 8.42 Å². The molecule has 0 unspecified atom stereocenters. The highest BCUT2D eigenvalue weighted by Crippen LogP contribution is 2.34. The normalized spacial score (nSPS) is 11.2. The van der Waals surface area contributed by atoms with Crippen LogP contribution in [0, 0.1) is 0 Å². The number of methoxy groups -OCH3 is 2. The van der Waals surface area contributed by atoms with Gasteiger partial charge >= 0.3 is 0 Å². The highest BCUT2D eigenvalue weighted by molar-refractivity contribution is 7.92. The van der Waals surface area contributed by atoms with Crippen LogP contribution in [-0.4, -0.2) is 32.6 Å². The summed E-state index contributed by atoms with van der Waals surface area (Å²) in [4.78, 5) is 9.10. The third-order valence-electron chi connectivity index (χ3n) is 4.59. The van der Waals surface area contributed by atoms with Gasteiger partial charge in [-0.1, -0.05) is 23.7 Å². The number of ether oxygens (including phenoxy) is 2. The first kappa shape index (κ1) is 21.7. The highest BCUT2D eigenvalue weighted by Gasteiger charge is 2.20. The fourth-order valence-corrected chi connectivity index (χ4v) is 4.13. The first-order valence-corrected chi connectivity index (χ1v) is 11.3. The minimum atomic E-state index is -3.95. The quantitative estimate of drug-likeness (QED) is 0.398. The molecule has 0 aliphatic rings. The zero-order chi connectivity index (χ0) is 22.7. The zero-order valence-corrected chi connectivity index (χ0v) is 18.7. The van der Waals surface area contributed by atoms with Crippen molar-refractivity contribution in [2.75, 3.05) is 24.3 Å². The molecule has 0 amide bonds. The molecule has 32 heavy (non-hydrogen) atoms. The lowest BCUT2D eigenvalue weighted by molar-refractivity contribution is 0.405. The Morgan fingerprint density at radius 2 is 1.50 bits per heavy atom. The molecule has 10 heteroatoms. The van der Waals surface area contributed by atoms with Crippen molar-refractivity contribution in [3.8, 4) is 11.5 Å². The second kappa shape index (κ2) is 8.89. The van der Waals surface area contributed by atoms with Crippen LogP contribution in [0.5, 0.6) is 11.5 Å². The van der Waals surface area contributed by atoms with E-state index in [1.165, 1.54) is 31.4 Å². The number of fused-ring (bicyclic) bond motifs is 1. The number of nitrogens with zero attached hydrogens (tertiary/aromatic N) is 2. The molecule has 4 aromatic rings. The molecule has 0 radical (unpaired) electrons. The topological polar surface area (TPSA) is 102 Å². The standard InChI is InChI=1S/C22H19ClN4O4S/c1-30-15-9-12-20(31-2)19(13-15)26-21-22(25-18-6-4-3-5-17(18)24-21)27-32(28,29)16-10-7-14(23)8-11-16/h3-13H,1-2H3,(H,24,26)(H,25,27). The average molecular weight is 471 g/mol. The number of hydrogen-bond donors (Lipinski definition) is 2. The molecular formula is C22H19ClN4O4S. The van der Waals surface area contributed by atoms with Gasteiger partial charge in [-0.15, -0.1) is 0 Å². The Labute approximate surface area is 190 Å². The van der Waals surface area contributed by atoms with E-state index < -0.39 is 10.0 Å². The van der Waals surface area contributed by atoms with Gasteiger partial charge in [0.1, 0.15) is 11.5 Å². The van der Waals surface area contributed by atoms with Crippen molar-refractivity contribution in [1.82, 2.24) is 9.97 Å². The molecule has 1 heterocycles. The Balaban J connectivity index is 1.80. The van der Waals surface area contributed by atoms with Gasteiger partial charge in [0, 0.05) is 11.1 Å². The second-order valence-corrected chi connectivity index (χ2v) is 8.78. The van der Waals surface area contributed by atoms with Gasteiger partial charge in [0.25, 0.3) is 10.0 Å². The summed E-state index contributed by atoms with van der Waals surface area (Å²) in [5.74, 6) is 1.34. The maximum Gasteiger partial charge on any atom is 0.263 e. The molecule has 0 fully saturated rings. The summed E-state index contributed by atoms with van der Waals surface area (Å²) in [7, 11) is -0.869. The van der Waals surface area contributed by atoms with E-state index in [1.54, 1.807) is 43.5 Å². The number of hydrogen-bond acceptors (Lipinski definition) is 7. The fourth-order valence-electron chi connectivity index (χ4n) is 3.00. The lowest BCUT2D eigenvalue weighted by atomic mass is 10.2. The van der Waals surface area contributed by atoms with Gasteiger partial charge in [-0.3, -0.25) is 4.72 Å². The smallest absolute Gasteiger partial charge is 0.263 e. The summed E-state index contributed by atoms with van der Waals surface area (Å²) in [5.41, 5.74) is 1.65. The van der Waals surface area contributed by atoms with Gasteiger partial charge in [0.05, 0.1) is 35.8 Å². The first-order chi connectivity index (χ1) is 15.4. The SMILES string of the molecule is COc1ccc(OC)c(Nc2nc3ccccc3nc2NS(=O)(=O)c2ccc(Cl)cc2)c1. The van der Waals surface area contributed by atoms with E-state index in [0.29, 0.717) is 33.2 Å². The summed E-state index contributed by atoms with van der Waals surface area (Å²) in [6, 6.07) is 18.2. The predicted octanol–water partition coefficient (Wildman–Crippen LogP) is 4.84. The number of rotatable bonds is 7. The summed E-state index contributed by atoms with van der Waals surface area (Å²) in [5, 5.41) is 3.55. The van der Waals surface area contributed by atoms with Gasteiger partial charge in [-0.2, -0.15) is 0 Å². The molecule has 0 aliphatic carbocycles. The summed E-state index contributed by atoms with van der Waals surface area (Å²) >= 11 is 5.89. The molecule has 0 aliphatic heterocycles. The van der Waals surface area contributed by atoms with Crippen LogP contribution in [-0.2, 0) is 10.0 Å². The van der Waals surface area contributed by atoms with Crippen molar-refractivity contribution < 1.29 is 17.9 Å².